The maximum atomic E-state index is 12.4. The molecule has 0 aliphatic rings. The number of allylic oxidation sites excluding steroid dienone is 5. The Morgan fingerprint density at radius 2 is 0.842 bits per heavy atom. The van der Waals surface area contributed by atoms with Crippen LogP contribution in [0.4, 0.5) is 0 Å². The van der Waals surface area contributed by atoms with Gasteiger partial charge in [-0.3, -0.25) is 9.59 Å². The molecule has 2 atom stereocenters. The molecule has 0 aromatic heterocycles. The highest BCUT2D eigenvalue weighted by atomic mass is 16.5. The van der Waals surface area contributed by atoms with E-state index in [-0.39, 0.29) is 18.5 Å². The van der Waals surface area contributed by atoms with Crippen molar-refractivity contribution in [3.8, 4) is 0 Å². The molecule has 0 aliphatic heterocycles. The molecule has 0 fully saturated rings. The van der Waals surface area contributed by atoms with E-state index in [1.807, 2.05) is 6.08 Å². The van der Waals surface area contributed by atoms with Gasteiger partial charge in [-0.15, -0.1) is 0 Å². The zero-order valence-electron chi connectivity index (χ0n) is 37.8. The second kappa shape index (κ2) is 46.8. The van der Waals surface area contributed by atoms with E-state index >= 15 is 0 Å². The van der Waals surface area contributed by atoms with Gasteiger partial charge in [0.15, 0.2) is 0 Å². The first kappa shape index (κ1) is 55.1. The molecule has 0 aromatic rings. The fourth-order valence-electron chi connectivity index (χ4n) is 7.25. The Kier molecular flexibility index (Phi) is 45.2. The molecule has 1 amide bonds. The third-order valence-electron chi connectivity index (χ3n) is 11.1. The van der Waals surface area contributed by atoms with Gasteiger partial charge in [0.2, 0.25) is 5.91 Å². The largest absolute Gasteiger partial charge is 0.466 e. The Hall–Kier alpha value is -1.92. The van der Waals surface area contributed by atoms with Gasteiger partial charge in [0, 0.05) is 12.8 Å². The number of hydrogen-bond donors (Lipinski definition) is 3. The number of nitrogens with one attached hydrogen (secondary N) is 1. The molecule has 334 valence electrons. The van der Waals surface area contributed by atoms with Crippen molar-refractivity contribution in [3.63, 3.8) is 0 Å². The number of rotatable bonds is 45. The summed E-state index contributed by atoms with van der Waals surface area (Å²) in [6.45, 7) is 4.82. The Balaban J connectivity index is 3.50. The summed E-state index contributed by atoms with van der Waals surface area (Å²) < 4.78 is 5.43. The minimum atomic E-state index is -0.851. The topological polar surface area (TPSA) is 95.9 Å². The van der Waals surface area contributed by atoms with Crippen molar-refractivity contribution in [2.75, 3.05) is 13.2 Å². The van der Waals surface area contributed by atoms with Crippen molar-refractivity contribution >= 4 is 11.9 Å². The minimum absolute atomic E-state index is 0.0148. The van der Waals surface area contributed by atoms with Gasteiger partial charge in [0.05, 0.1) is 25.4 Å². The normalized spacial score (nSPS) is 13.0. The van der Waals surface area contributed by atoms with Gasteiger partial charge in [-0.2, -0.15) is 0 Å². The van der Waals surface area contributed by atoms with Crippen LogP contribution in [0.1, 0.15) is 251 Å². The molecule has 0 spiro atoms. The molecule has 0 aromatic carbocycles. The van der Waals surface area contributed by atoms with Crippen molar-refractivity contribution < 1.29 is 24.5 Å². The van der Waals surface area contributed by atoms with Crippen molar-refractivity contribution in [3.05, 3.63) is 36.5 Å². The number of esters is 1. The van der Waals surface area contributed by atoms with Gasteiger partial charge in [0.1, 0.15) is 0 Å². The molecule has 3 N–H and O–H groups in total. The summed E-state index contributed by atoms with van der Waals surface area (Å²) in [5.41, 5.74) is 0. The van der Waals surface area contributed by atoms with Crippen LogP contribution in [0.3, 0.4) is 0 Å². The predicted octanol–water partition coefficient (Wildman–Crippen LogP) is 14.5. The molecule has 0 heterocycles. The van der Waals surface area contributed by atoms with Crippen LogP contribution in [0.5, 0.6) is 0 Å². The minimum Gasteiger partial charge on any atom is -0.466 e. The second-order valence-electron chi connectivity index (χ2n) is 16.8. The molecule has 0 saturated heterocycles. The van der Waals surface area contributed by atoms with Gasteiger partial charge in [0.25, 0.3) is 0 Å². The lowest BCUT2D eigenvalue weighted by Gasteiger charge is -2.20. The highest BCUT2D eigenvalue weighted by Gasteiger charge is 2.18. The molecule has 0 aliphatic carbocycles. The van der Waals surface area contributed by atoms with Crippen molar-refractivity contribution in [1.29, 1.82) is 0 Å². The van der Waals surface area contributed by atoms with Crippen LogP contribution < -0.4 is 5.32 Å². The van der Waals surface area contributed by atoms with E-state index in [9.17, 15) is 19.8 Å². The first-order chi connectivity index (χ1) is 28.0. The fourth-order valence-corrected chi connectivity index (χ4v) is 7.25. The third-order valence-corrected chi connectivity index (χ3v) is 11.1. The number of ether oxygens (including phenoxy) is 1. The van der Waals surface area contributed by atoms with E-state index < -0.39 is 12.1 Å². The average Bonchev–Trinajstić information content (AvgIpc) is 3.21. The van der Waals surface area contributed by atoms with Crippen molar-refractivity contribution in [1.82, 2.24) is 5.32 Å². The number of unbranched alkanes of at least 4 members (excludes halogenated alkanes) is 30. The van der Waals surface area contributed by atoms with Crippen molar-refractivity contribution in [2.45, 2.75) is 264 Å². The summed E-state index contributed by atoms with van der Waals surface area (Å²) in [5, 5.41) is 23.0. The average molecular weight is 802 g/mol. The molecule has 0 radical (unpaired) electrons. The molecular weight excluding hydrogens is 707 g/mol. The Morgan fingerprint density at radius 1 is 0.474 bits per heavy atom. The maximum absolute atomic E-state index is 12.4. The van der Waals surface area contributed by atoms with Crippen LogP contribution in [-0.4, -0.2) is 47.4 Å². The molecule has 0 bridgehead atoms. The summed E-state index contributed by atoms with van der Waals surface area (Å²) >= 11 is 0. The van der Waals surface area contributed by atoms with E-state index in [1.54, 1.807) is 6.08 Å². The first-order valence-electron chi connectivity index (χ1n) is 24.8. The lowest BCUT2D eigenvalue weighted by molar-refractivity contribution is -0.143. The first-order valence-corrected chi connectivity index (χ1v) is 24.8. The molecule has 0 saturated carbocycles. The third kappa shape index (κ3) is 43.5. The Bertz CT molecular complexity index is 931. The fraction of sp³-hybridized carbons (Fsp3) is 0.843. The predicted molar refractivity (Wildman–Crippen MR) is 246 cm³/mol. The zero-order valence-corrected chi connectivity index (χ0v) is 37.8. The summed E-state index contributed by atoms with van der Waals surface area (Å²) in [5.74, 6) is -0.0970. The highest BCUT2D eigenvalue weighted by molar-refractivity contribution is 5.76. The van der Waals surface area contributed by atoms with Gasteiger partial charge in [-0.1, -0.05) is 198 Å². The summed E-state index contributed by atoms with van der Waals surface area (Å²) in [6.07, 6.45) is 55.7. The van der Waals surface area contributed by atoms with Gasteiger partial charge in [-0.25, -0.2) is 0 Å². The lowest BCUT2D eigenvalue weighted by atomic mass is 10.1. The lowest BCUT2D eigenvalue weighted by Crippen LogP contribution is -2.45. The quantitative estimate of drug-likeness (QED) is 0.0324. The molecule has 57 heavy (non-hydrogen) atoms. The van der Waals surface area contributed by atoms with Crippen LogP contribution in [-0.2, 0) is 14.3 Å². The van der Waals surface area contributed by atoms with Gasteiger partial charge in [-0.05, 0) is 77.0 Å². The number of hydrogen-bond acceptors (Lipinski definition) is 5. The highest BCUT2D eigenvalue weighted by Crippen LogP contribution is 2.14. The van der Waals surface area contributed by atoms with E-state index in [1.165, 1.54) is 167 Å². The monoisotopic (exact) mass is 802 g/mol. The number of carbonyl (C=O) groups is 2. The van der Waals surface area contributed by atoms with Crippen LogP contribution in [0.2, 0.25) is 0 Å². The zero-order chi connectivity index (χ0) is 41.5. The molecule has 6 nitrogen and oxygen atoms in total. The number of aliphatic hydroxyl groups is 2. The Labute approximate surface area is 353 Å². The van der Waals surface area contributed by atoms with Gasteiger partial charge < -0.3 is 20.3 Å². The summed E-state index contributed by atoms with van der Waals surface area (Å²) in [4.78, 5) is 24.3. The van der Waals surface area contributed by atoms with E-state index in [0.29, 0.717) is 19.4 Å². The number of carbonyl (C=O) groups excluding carboxylic acids is 2. The molecule has 2 unspecified atom stereocenters. The molecule has 6 heteroatoms. The SMILES string of the molecule is CCCC/C=C\CCCCCCCC(=O)OCCCCCCCC/C=C\CCCCCCCCCC(=O)NC(CO)C(O)/C=C/CCCCCCCCCCCC. The van der Waals surface area contributed by atoms with Crippen LogP contribution in [0.15, 0.2) is 36.5 Å². The van der Waals surface area contributed by atoms with E-state index in [4.69, 9.17) is 4.74 Å². The maximum Gasteiger partial charge on any atom is 0.305 e. The number of amides is 1. The van der Waals surface area contributed by atoms with Crippen LogP contribution in [0, 0.1) is 0 Å². The van der Waals surface area contributed by atoms with Crippen LogP contribution in [0.25, 0.3) is 0 Å². The molecular formula is C51H95NO5. The van der Waals surface area contributed by atoms with E-state index in [0.717, 1.165) is 57.8 Å². The summed E-state index contributed by atoms with van der Waals surface area (Å²) in [6, 6.07) is -0.636. The smallest absolute Gasteiger partial charge is 0.305 e. The van der Waals surface area contributed by atoms with E-state index in [2.05, 4.69) is 43.5 Å². The van der Waals surface area contributed by atoms with Gasteiger partial charge >= 0.3 is 5.97 Å². The van der Waals surface area contributed by atoms with Crippen LogP contribution >= 0.6 is 0 Å². The Morgan fingerprint density at radius 3 is 1.30 bits per heavy atom. The number of aliphatic hydroxyl groups excluding tert-OH is 2. The summed E-state index contributed by atoms with van der Waals surface area (Å²) in [7, 11) is 0. The molecule has 0 rings (SSSR count). The second-order valence-corrected chi connectivity index (χ2v) is 16.8. The standard InChI is InChI=1S/C51H95NO5/c1-3-5-7-9-11-13-15-24-27-31-35-39-43-49(54)48(47-53)52-50(55)44-40-36-32-28-25-21-19-17-16-18-20-22-26-30-34-38-42-46-57-51(56)45-41-37-33-29-23-14-12-10-8-6-4-2/h10,12,16,18,39,43,48-49,53-54H,3-9,11,13-15,17,19-38,40-42,44-47H2,1-2H3,(H,52,55)/b12-10-,18-16-,43-39+. The van der Waals surface area contributed by atoms with Crippen molar-refractivity contribution in [2.24, 2.45) is 0 Å².